The van der Waals surface area contributed by atoms with Gasteiger partial charge >= 0.3 is 0 Å². The lowest BCUT2D eigenvalue weighted by Gasteiger charge is -1.64. The Morgan fingerprint density at radius 1 is 1.83 bits per heavy atom. The SMILES string of the molecule is Cc1[c]ccs1. The average molecular weight is 97.2 g/mol. The Labute approximate surface area is 41.4 Å². The summed E-state index contributed by atoms with van der Waals surface area (Å²) in [4.78, 5) is 1.26. The van der Waals surface area contributed by atoms with Crippen molar-refractivity contribution in [3.8, 4) is 0 Å². The van der Waals surface area contributed by atoms with E-state index in [0.29, 0.717) is 0 Å². The predicted molar refractivity (Wildman–Crippen MR) is 27.9 cm³/mol. The largest absolute Gasteiger partial charge is 0.149 e. The smallest absolute Gasteiger partial charge is 0.00929 e. The second-order valence-electron chi connectivity index (χ2n) is 1.12. The van der Waals surface area contributed by atoms with Crippen LogP contribution < -0.4 is 0 Å². The molecule has 0 aliphatic rings. The van der Waals surface area contributed by atoms with Gasteiger partial charge in [0, 0.05) is 4.88 Å². The van der Waals surface area contributed by atoms with Crippen LogP contribution in [-0.4, -0.2) is 0 Å². The van der Waals surface area contributed by atoms with Gasteiger partial charge in [0.2, 0.25) is 0 Å². The summed E-state index contributed by atoms with van der Waals surface area (Å²) in [6, 6.07) is 4.95. The molecule has 1 aromatic rings. The number of aryl methyl sites for hydroxylation is 1. The highest BCUT2D eigenvalue weighted by Crippen LogP contribution is 2.02. The molecule has 1 aromatic heterocycles. The topological polar surface area (TPSA) is 0 Å². The average Bonchev–Trinajstić information content (AvgIpc) is 1.86. The Morgan fingerprint density at radius 2 is 2.67 bits per heavy atom. The first-order valence-electron chi connectivity index (χ1n) is 1.81. The standard InChI is InChI=1S/C5H5S/c1-5-3-2-4-6-5/h2,4H,1H3. The van der Waals surface area contributed by atoms with Crippen LogP contribution in [0.25, 0.3) is 0 Å². The summed E-state index contributed by atoms with van der Waals surface area (Å²) in [5.74, 6) is 0. The zero-order chi connectivity index (χ0) is 4.41. The van der Waals surface area contributed by atoms with Gasteiger partial charge in [0.1, 0.15) is 0 Å². The molecule has 0 saturated heterocycles. The fourth-order valence-corrected chi connectivity index (χ4v) is 0.798. The van der Waals surface area contributed by atoms with Crippen molar-refractivity contribution in [2.24, 2.45) is 0 Å². The Kier molecular flexibility index (Phi) is 0.926. The molecule has 0 N–H and O–H groups in total. The van der Waals surface area contributed by atoms with Crippen LogP contribution in [0.2, 0.25) is 0 Å². The molecule has 0 atom stereocenters. The third-order valence-electron chi connectivity index (χ3n) is 0.599. The van der Waals surface area contributed by atoms with Crippen molar-refractivity contribution in [3.05, 3.63) is 22.4 Å². The lowest BCUT2D eigenvalue weighted by atomic mass is 10.5. The van der Waals surface area contributed by atoms with Crippen LogP contribution in [0.4, 0.5) is 0 Å². The van der Waals surface area contributed by atoms with E-state index in [1.165, 1.54) is 4.88 Å². The molecule has 0 amide bonds. The molecule has 0 aliphatic carbocycles. The molecule has 1 heterocycles. The van der Waals surface area contributed by atoms with E-state index in [1.54, 1.807) is 11.3 Å². The van der Waals surface area contributed by atoms with Crippen molar-refractivity contribution in [2.75, 3.05) is 0 Å². The molecule has 1 rings (SSSR count). The molecule has 1 radical (unpaired) electrons. The van der Waals surface area contributed by atoms with Crippen LogP contribution in [0, 0.1) is 13.0 Å². The number of hydrogen-bond acceptors (Lipinski definition) is 1. The van der Waals surface area contributed by atoms with E-state index in [2.05, 4.69) is 6.07 Å². The van der Waals surface area contributed by atoms with Gasteiger partial charge in [-0.05, 0) is 24.4 Å². The normalized spacial score (nSPS) is 8.83. The lowest BCUT2D eigenvalue weighted by molar-refractivity contribution is 1.63. The van der Waals surface area contributed by atoms with Gasteiger partial charge in [-0.3, -0.25) is 0 Å². The first-order chi connectivity index (χ1) is 2.89. The maximum atomic E-state index is 3.02. The highest BCUT2D eigenvalue weighted by atomic mass is 32.1. The van der Waals surface area contributed by atoms with Gasteiger partial charge < -0.3 is 0 Å². The Balaban J connectivity index is 3.05. The molecule has 0 saturated carbocycles. The summed E-state index contributed by atoms with van der Waals surface area (Å²) < 4.78 is 0. The van der Waals surface area contributed by atoms with Gasteiger partial charge in [-0.1, -0.05) is 0 Å². The highest BCUT2D eigenvalue weighted by molar-refractivity contribution is 7.09. The number of rotatable bonds is 0. The summed E-state index contributed by atoms with van der Waals surface area (Å²) >= 11 is 1.72. The van der Waals surface area contributed by atoms with Crippen molar-refractivity contribution in [1.29, 1.82) is 0 Å². The van der Waals surface area contributed by atoms with Crippen LogP contribution >= 0.6 is 11.3 Å². The monoisotopic (exact) mass is 97.0 g/mol. The molecule has 0 aliphatic heterocycles. The van der Waals surface area contributed by atoms with Crippen molar-refractivity contribution >= 4 is 11.3 Å². The zero-order valence-corrected chi connectivity index (χ0v) is 4.38. The molecule has 0 nitrogen and oxygen atoms in total. The Bertz CT molecular complexity index is 107. The quantitative estimate of drug-likeness (QED) is 0.463. The van der Waals surface area contributed by atoms with Crippen molar-refractivity contribution in [1.82, 2.24) is 0 Å². The molecule has 6 heavy (non-hydrogen) atoms. The van der Waals surface area contributed by atoms with E-state index in [0.717, 1.165) is 0 Å². The van der Waals surface area contributed by atoms with Crippen LogP contribution in [0.1, 0.15) is 4.88 Å². The molecule has 0 unspecified atom stereocenters. The van der Waals surface area contributed by atoms with Crippen molar-refractivity contribution in [3.63, 3.8) is 0 Å². The summed E-state index contributed by atoms with van der Waals surface area (Å²) in [7, 11) is 0. The number of hydrogen-bond donors (Lipinski definition) is 0. The fourth-order valence-electron chi connectivity index (χ4n) is 0.321. The third kappa shape index (κ3) is 0.601. The van der Waals surface area contributed by atoms with E-state index in [9.17, 15) is 0 Å². The second kappa shape index (κ2) is 1.43. The highest BCUT2D eigenvalue weighted by Gasteiger charge is 1.75. The molecular formula is C5H5S. The van der Waals surface area contributed by atoms with Gasteiger partial charge in [-0.2, -0.15) is 0 Å². The predicted octanol–water partition coefficient (Wildman–Crippen LogP) is 1.86. The Hall–Kier alpha value is -0.300. The van der Waals surface area contributed by atoms with Gasteiger partial charge in [0.05, 0.1) is 0 Å². The molecule has 1 heteroatoms. The molecule has 0 spiro atoms. The summed E-state index contributed by atoms with van der Waals surface area (Å²) in [5.41, 5.74) is 0. The maximum absolute atomic E-state index is 3.02. The van der Waals surface area contributed by atoms with Crippen LogP contribution in [0.5, 0.6) is 0 Å². The van der Waals surface area contributed by atoms with E-state index in [1.807, 2.05) is 18.4 Å². The zero-order valence-electron chi connectivity index (χ0n) is 3.56. The maximum Gasteiger partial charge on any atom is 0.00929 e. The molecule has 0 fully saturated rings. The van der Waals surface area contributed by atoms with E-state index < -0.39 is 0 Å². The molecule has 0 aromatic carbocycles. The van der Waals surface area contributed by atoms with Gasteiger partial charge in [-0.15, -0.1) is 11.3 Å². The summed E-state index contributed by atoms with van der Waals surface area (Å²) in [6.45, 7) is 2.05. The lowest BCUT2D eigenvalue weighted by Crippen LogP contribution is -1.44. The molecule has 31 valence electrons. The van der Waals surface area contributed by atoms with E-state index >= 15 is 0 Å². The van der Waals surface area contributed by atoms with E-state index in [-0.39, 0.29) is 0 Å². The van der Waals surface area contributed by atoms with Crippen LogP contribution in [-0.2, 0) is 0 Å². The van der Waals surface area contributed by atoms with Gasteiger partial charge in [0.15, 0.2) is 0 Å². The fraction of sp³-hybridized carbons (Fsp3) is 0.200. The Morgan fingerprint density at radius 3 is 2.83 bits per heavy atom. The third-order valence-corrected chi connectivity index (χ3v) is 1.34. The summed E-state index contributed by atoms with van der Waals surface area (Å²) in [5, 5.41) is 2.02. The van der Waals surface area contributed by atoms with Crippen molar-refractivity contribution in [2.45, 2.75) is 6.92 Å². The van der Waals surface area contributed by atoms with Crippen molar-refractivity contribution < 1.29 is 0 Å². The summed E-state index contributed by atoms with van der Waals surface area (Å²) in [6.07, 6.45) is 0. The minimum atomic E-state index is 1.26. The first kappa shape index (κ1) is 3.88. The molecule has 0 bridgehead atoms. The van der Waals surface area contributed by atoms with Crippen LogP contribution in [0.3, 0.4) is 0 Å². The van der Waals surface area contributed by atoms with Gasteiger partial charge in [-0.25, -0.2) is 0 Å². The molecular weight excluding hydrogens is 92.1 g/mol. The minimum Gasteiger partial charge on any atom is -0.149 e. The second-order valence-corrected chi connectivity index (χ2v) is 2.24. The number of thiophene rings is 1. The van der Waals surface area contributed by atoms with Gasteiger partial charge in [0.25, 0.3) is 0 Å². The van der Waals surface area contributed by atoms with E-state index in [4.69, 9.17) is 0 Å². The minimum absolute atomic E-state index is 1.26. The van der Waals surface area contributed by atoms with Crippen LogP contribution in [0.15, 0.2) is 11.4 Å². The first-order valence-corrected chi connectivity index (χ1v) is 2.69.